The van der Waals surface area contributed by atoms with Crippen molar-refractivity contribution in [2.45, 2.75) is 0 Å². The zero-order valence-electron chi connectivity index (χ0n) is 39.0. The third-order valence-electron chi connectivity index (χ3n) is 15.1. The van der Waals surface area contributed by atoms with Gasteiger partial charge in [0.2, 0.25) is 0 Å². The van der Waals surface area contributed by atoms with Crippen molar-refractivity contribution in [3.05, 3.63) is 279 Å². The number of anilines is 2. The third-order valence-corrected chi connectivity index (χ3v) is 19.9. The van der Waals surface area contributed by atoms with Gasteiger partial charge in [0, 0.05) is 49.9 Å². The predicted octanol–water partition coefficient (Wildman–Crippen LogP) is 12.2. The largest absolute Gasteiger partial charge is 0.376 e. The molecular formula is C66H46BN3Si. The molecule has 71 heavy (non-hydrogen) atoms. The number of fused-ring (bicyclic) bond motifs is 9. The second-order valence-corrected chi connectivity index (χ2v) is 22.6. The Morgan fingerprint density at radius 2 is 0.775 bits per heavy atom. The molecule has 14 rings (SSSR count). The molecule has 3 nitrogen and oxygen atoms in total. The summed E-state index contributed by atoms with van der Waals surface area (Å²) in [4.78, 5) is 2.56. The topological polar surface area (TPSA) is 13.1 Å². The summed E-state index contributed by atoms with van der Waals surface area (Å²) in [5.74, 6) is 0. The van der Waals surface area contributed by atoms with Gasteiger partial charge in [-0.1, -0.05) is 224 Å². The van der Waals surface area contributed by atoms with E-state index in [1.54, 1.807) is 0 Å². The molecule has 0 atom stereocenters. The quantitative estimate of drug-likeness (QED) is 0.109. The van der Waals surface area contributed by atoms with Crippen LogP contribution in [0.15, 0.2) is 279 Å². The van der Waals surface area contributed by atoms with Crippen molar-refractivity contribution in [3.63, 3.8) is 0 Å². The summed E-state index contributed by atoms with van der Waals surface area (Å²) in [6.07, 6.45) is 0. The zero-order valence-corrected chi connectivity index (χ0v) is 40.0. The van der Waals surface area contributed by atoms with Crippen molar-refractivity contribution in [2.24, 2.45) is 0 Å². The maximum Gasteiger partial charge on any atom is 0.328 e. The lowest BCUT2D eigenvalue weighted by molar-refractivity contribution is 1.16. The first-order valence-corrected chi connectivity index (χ1v) is 26.6. The van der Waals surface area contributed by atoms with Gasteiger partial charge >= 0.3 is 6.85 Å². The standard InChI is InChI=1S/C66H46BN3Si/c1-5-22-47(23-6-1)67-61-36-17-13-32-55(61)56-33-16-20-39-65(56)70(67)50-25-21-24-48(44-50)69-64-43-40-49(68-62-37-18-14-34-57(62)58-35-15-19-38-63(58)68)45-60(64)59-42-41-54(46-66(59)69)71(51-26-7-2-8-27-51,52-28-9-3-10-29-52)53-30-11-4-12-31-53/h1-46H. The average Bonchev–Trinajstić information content (AvgIpc) is 3.96. The van der Waals surface area contributed by atoms with Crippen molar-refractivity contribution in [3.8, 4) is 22.5 Å². The molecule has 11 aromatic carbocycles. The zero-order chi connectivity index (χ0) is 46.9. The Hall–Kier alpha value is -8.90. The number of hydrogen-bond donors (Lipinski definition) is 0. The molecule has 0 aliphatic carbocycles. The van der Waals surface area contributed by atoms with Crippen LogP contribution < -0.4 is 36.5 Å². The van der Waals surface area contributed by atoms with Gasteiger partial charge in [-0.25, -0.2) is 0 Å². The van der Waals surface area contributed by atoms with Gasteiger partial charge in [0.05, 0.1) is 22.1 Å². The molecule has 1 aliphatic heterocycles. The molecule has 0 saturated carbocycles. The molecule has 0 fully saturated rings. The van der Waals surface area contributed by atoms with Crippen LogP contribution in [0.3, 0.4) is 0 Å². The van der Waals surface area contributed by atoms with E-state index < -0.39 is 8.07 Å². The Morgan fingerprint density at radius 1 is 0.282 bits per heavy atom. The molecular weight excluding hydrogens is 874 g/mol. The molecule has 3 heterocycles. The highest BCUT2D eigenvalue weighted by atomic mass is 28.3. The van der Waals surface area contributed by atoms with Gasteiger partial charge in [-0.15, -0.1) is 0 Å². The Bertz CT molecular complexity index is 3980. The third kappa shape index (κ3) is 6.37. The minimum absolute atomic E-state index is 0.0367. The Labute approximate surface area is 414 Å². The molecule has 13 aromatic rings. The van der Waals surface area contributed by atoms with Crippen LogP contribution in [0.4, 0.5) is 11.4 Å². The summed E-state index contributed by atoms with van der Waals surface area (Å²) < 4.78 is 4.98. The highest BCUT2D eigenvalue weighted by Crippen LogP contribution is 2.42. The van der Waals surface area contributed by atoms with Gasteiger partial charge in [0.25, 0.3) is 0 Å². The molecule has 0 spiro atoms. The fourth-order valence-corrected chi connectivity index (χ4v) is 16.9. The van der Waals surface area contributed by atoms with Crippen LogP contribution in [0, 0.1) is 0 Å². The minimum atomic E-state index is -2.89. The van der Waals surface area contributed by atoms with Crippen LogP contribution in [0.1, 0.15) is 0 Å². The fraction of sp³-hybridized carbons (Fsp3) is 0. The van der Waals surface area contributed by atoms with Crippen LogP contribution in [0.5, 0.6) is 0 Å². The number of rotatable bonds is 8. The van der Waals surface area contributed by atoms with Crippen LogP contribution in [-0.4, -0.2) is 24.1 Å². The van der Waals surface area contributed by atoms with Crippen LogP contribution in [-0.2, 0) is 0 Å². The van der Waals surface area contributed by atoms with Gasteiger partial charge in [-0.3, -0.25) is 0 Å². The number of benzene rings is 11. The van der Waals surface area contributed by atoms with Crippen molar-refractivity contribution in [1.29, 1.82) is 0 Å². The fourth-order valence-electron chi connectivity index (χ4n) is 12.1. The van der Waals surface area contributed by atoms with E-state index >= 15 is 0 Å². The first-order chi connectivity index (χ1) is 35.3. The average molecular weight is 920 g/mol. The predicted molar refractivity (Wildman–Crippen MR) is 304 cm³/mol. The highest BCUT2D eigenvalue weighted by Gasteiger charge is 2.42. The number of para-hydroxylation sites is 3. The van der Waals surface area contributed by atoms with E-state index in [9.17, 15) is 0 Å². The van der Waals surface area contributed by atoms with E-state index in [0.717, 1.165) is 22.6 Å². The first-order valence-electron chi connectivity index (χ1n) is 24.6. The van der Waals surface area contributed by atoms with Gasteiger partial charge in [0.15, 0.2) is 8.07 Å². The van der Waals surface area contributed by atoms with Crippen molar-refractivity contribution < 1.29 is 0 Å². The van der Waals surface area contributed by atoms with E-state index in [4.69, 9.17) is 0 Å². The molecule has 0 amide bonds. The van der Waals surface area contributed by atoms with E-state index in [-0.39, 0.29) is 6.85 Å². The van der Waals surface area contributed by atoms with E-state index in [1.165, 1.54) is 86.6 Å². The van der Waals surface area contributed by atoms with Crippen LogP contribution in [0.2, 0.25) is 0 Å². The molecule has 0 N–H and O–H groups in total. The number of hydrogen-bond acceptors (Lipinski definition) is 1. The summed E-state index contributed by atoms with van der Waals surface area (Å²) in [6.45, 7) is -0.0367. The van der Waals surface area contributed by atoms with Gasteiger partial charge in [-0.2, -0.15) is 0 Å². The molecule has 1 aliphatic rings. The lowest BCUT2D eigenvalue weighted by atomic mass is 9.46. The Kier molecular flexibility index (Phi) is 9.65. The molecule has 2 aromatic heterocycles. The second-order valence-electron chi connectivity index (χ2n) is 18.8. The van der Waals surface area contributed by atoms with Crippen LogP contribution in [0.25, 0.3) is 66.1 Å². The normalized spacial score (nSPS) is 12.5. The molecule has 0 radical (unpaired) electrons. The van der Waals surface area contributed by atoms with Gasteiger partial charge < -0.3 is 13.9 Å². The van der Waals surface area contributed by atoms with E-state index in [1.807, 2.05) is 0 Å². The Balaban J connectivity index is 1.06. The summed E-state index contributed by atoms with van der Waals surface area (Å²) in [5, 5.41) is 10.3. The SMILES string of the molecule is c1ccc(B2c3ccccc3-c3ccccc3N2c2cccc(-n3c4ccc(-n5c6ccccc6c6ccccc65)cc4c4ccc([Si](c5ccccc5)(c5ccccc5)c5ccccc5)cc43)c2)cc1. The molecule has 5 heteroatoms. The summed E-state index contributed by atoms with van der Waals surface area (Å²) >= 11 is 0. The summed E-state index contributed by atoms with van der Waals surface area (Å²) in [5.41, 5.74) is 14.4. The molecule has 0 unspecified atom stereocenters. The summed E-state index contributed by atoms with van der Waals surface area (Å²) in [6, 6.07) is 104. The van der Waals surface area contributed by atoms with E-state index in [2.05, 4.69) is 293 Å². The second kappa shape index (κ2) is 16.7. The van der Waals surface area contributed by atoms with E-state index in [0.29, 0.717) is 0 Å². The number of nitrogens with zero attached hydrogens (tertiary/aromatic N) is 3. The van der Waals surface area contributed by atoms with Crippen molar-refractivity contribution in [1.82, 2.24) is 9.13 Å². The lowest BCUT2D eigenvalue weighted by Gasteiger charge is -2.39. The molecule has 332 valence electrons. The molecule has 0 saturated heterocycles. The molecule has 0 bridgehead atoms. The van der Waals surface area contributed by atoms with Gasteiger partial charge in [-0.05, 0) is 92.4 Å². The first kappa shape index (κ1) is 41.1. The smallest absolute Gasteiger partial charge is 0.328 e. The lowest BCUT2D eigenvalue weighted by Crippen LogP contribution is -2.74. The number of aromatic nitrogens is 2. The van der Waals surface area contributed by atoms with Crippen LogP contribution >= 0.6 is 0 Å². The maximum atomic E-state index is 2.56. The highest BCUT2D eigenvalue weighted by molar-refractivity contribution is 7.20. The minimum Gasteiger partial charge on any atom is -0.376 e. The Morgan fingerprint density at radius 3 is 1.44 bits per heavy atom. The van der Waals surface area contributed by atoms with Crippen molar-refractivity contribution in [2.75, 3.05) is 4.81 Å². The maximum absolute atomic E-state index is 2.89. The summed E-state index contributed by atoms with van der Waals surface area (Å²) in [7, 11) is -2.89. The monoisotopic (exact) mass is 919 g/mol. The van der Waals surface area contributed by atoms with Gasteiger partial charge in [0.1, 0.15) is 0 Å². The van der Waals surface area contributed by atoms with Crippen molar-refractivity contribution >= 4 is 102 Å².